The van der Waals surface area contributed by atoms with Crippen molar-refractivity contribution in [2.75, 3.05) is 13.7 Å². The van der Waals surface area contributed by atoms with E-state index in [0.717, 1.165) is 41.7 Å². The van der Waals surface area contributed by atoms with Gasteiger partial charge in [0, 0.05) is 18.2 Å². The van der Waals surface area contributed by atoms with E-state index in [-0.39, 0.29) is 23.7 Å². The van der Waals surface area contributed by atoms with E-state index in [2.05, 4.69) is 13.8 Å². The van der Waals surface area contributed by atoms with Crippen molar-refractivity contribution in [1.29, 1.82) is 0 Å². The number of allylic oxidation sites excluding steroid dienone is 1. The summed E-state index contributed by atoms with van der Waals surface area (Å²) in [5.41, 5.74) is 3.45. The van der Waals surface area contributed by atoms with Gasteiger partial charge in [0.1, 0.15) is 17.7 Å². The van der Waals surface area contributed by atoms with Crippen molar-refractivity contribution in [2.45, 2.75) is 85.0 Å². The van der Waals surface area contributed by atoms with Crippen LogP contribution in [-0.4, -0.2) is 30.7 Å². The first-order valence-corrected chi connectivity index (χ1v) is 13.4. The number of rotatable bonds is 6. The van der Waals surface area contributed by atoms with E-state index >= 15 is 0 Å². The maximum absolute atomic E-state index is 14.8. The van der Waals surface area contributed by atoms with Crippen molar-refractivity contribution >= 4 is 11.7 Å². The number of halogens is 4. The Kier molecular flexibility index (Phi) is 7.80. The van der Waals surface area contributed by atoms with E-state index in [1.807, 2.05) is 19.9 Å². The molecule has 4 rings (SSSR count). The van der Waals surface area contributed by atoms with Crippen LogP contribution < -0.4 is 4.74 Å². The lowest BCUT2D eigenvalue weighted by Gasteiger charge is -2.36. The van der Waals surface area contributed by atoms with E-state index in [4.69, 9.17) is 9.47 Å². The van der Waals surface area contributed by atoms with E-state index < -0.39 is 30.0 Å². The van der Waals surface area contributed by atoms with Crippen molar-refractivity contribution in [1.82, 2.24) is 4.90 Å². The van der Waals surface area contributed by atoms with Gasteiger partial charge in [-0.25, -0.2) is 9.18 Å². The first-order valence-electron chi connectivity index (χ1n) is 13.4. The van der Waals surface area contributed by atoms with E-state index in [1.165, 1.54) is 13.2 Å². The molecule has 1 saturated heterocycles. The lowest BCUT2D eigenvalue weighted by Crippen LogP contribution is -2.35. The number of aryl methyl sites for hydroxylation is 1. The average Bonchev–Trinajstić information content (AvgIpc) is 3.11. The molecule has 2 atom stereocenters. The van der Waals surface area contributed by atoms with Crippen LogP contribution in [0.15, 0.2) is 35.9 Å². The second kappa shape index (κ2) is 10.5. The lowest BCUT2D eigenvalue weighted by atomic mass is 9.72. The Balaban J connectivity index is 1.74. The summed E-state index contributed by atoms with van der Waals surface area (Å²) in [7, 11) is 1.52. The van der Waals surface area contributed by atoms with E-state index in [9.17, 15) is 22.4 Å². The number of carbonyl (C=O) groups is 1. The SMILES string of the molecule is COc1cc(F)c(C(C)C)cc1C1=C(CN2C(=O)O[C@H](c3cc(C)cc(C(F)(F)F)c3)[C@H]2C)CC(C)(C)CC1. The maximum Gasteiger partial charge on any atom is 0.416 e. The Morgan fingerprint density at radius 2 is 1.85 bits per heavy atom. The van der Waals surface area contributed by atoms with Crippen LogP contribution in [0, 0.1) is 18.2 Å². The summed E-state index contributed by atoms with van der Waals surface area (Å²) >= 11 is 0. The normalized spacial score (nSPS) is 21.5. The minimum Gasteiger partial charge on any atom is -0.496 e. The molecule has 0 bridgehead atoms. The summed E-state index contributed by atoms with van der Waals surface area (Å²) in [5.74, 6) is 0.0994. The summed E-state index contributed by atoms with van der Waals surface area (Å²) in [4.78, 5) is 14.7. The van der Waals surface area contributed by atoms with Crippen molar-refractivity contribution in [2.24, 2.45) is 5.41 Å². The molecule has 1 fully saturated rings. The van der Waals surface area contributed by atoms with Gasteiger partial charge in [-0.3, -0.25) is 4.90 Å². The van der Waals surface area contributed by atoms with Gasteiger partial charge >= 0.3 is 12.3 Å². The highest BCUT2D eigenvalue weighted by atomic mass is 19.4. The van der Waals surface area contributed by atoms with E-state index in [0.29, 0.717) is 28.9 Å². The quantitative estimate of drug-likeness (QED) is 0.339. The molecule has 0 N–H and O–H groups in total. The van der Waals surface area contributed by atoms with Crippen molar-refractivity contribution in [3.8, 4) is 5.75 Å². The molecule has 1 aliphatic heterocycles. The largest absolute Gasteiger partial charge is 0.496 e. The van der Waals surface area contributed by atoms with Crippen LogP contribution in [0.1, 0.15) is 93.7 Å². The van der Waals surface area contributed by atoms with Gasteiger partial charge < -0.3 is 9.47 Å². The second-order valence-corrected chi connectivity index (χ2v) is 12.0. The van der Waals surface area contributed by atoms with Crippen molar-refractivity contribution in [3.63, 3.8) is 0 Å². The molecule has 212 valence electrons. The molecule has 1 aliphatic carbocycles. The number of cyclic esters (lactones) is 1. The Morgan fingerprint density at radius 1 is 1.15 bits per heavy atom. The van der Waals surface area contributed by atoms with Crippen LogP contribution in [0.2, 0.25) is 0 Å². The molecule has 39 heavy (non-hydrogen) atoms. The summed E-state index contributed by atoms with van der Waals surface area (Å²) < 4.78 is 66.5. The van der Waals surface area contributed by atoms with Crippen molar-refractivity contribution < 1.29 is 31.8 Å². The predicted molar refractivity (Wildman–Crippen MR) is 143 cm³/mol. The van der Waals surface area contributed by atoms with Crippen LogP contribution in [-0.2, 0) is 10.9 Å². The zero-order chi connectivity index (χ0) is 28.9. The molecule has 0 saturated carbocycles. The lowest BCUT2D eigenvalue weighted by molar-refractivity contribution is -0.137. The molecule has 4 nitrogen and oxygen atoms in total. The monoisotopic (exact) mass is 547 g/mol. The van der Waals surface area contributed by atoms with Gasteiger partial charge in [-0.15, -0.1) is 0 Å². The third-order valence-electron chi connectivity index (χ3n) is 7.95. The third-order valence-corrected chi connectivity index (χ3v) is 7.95. The number of ether oxygens (including phenoxy) is 2. The number of benzene rings is 2. The molecule has 2 aromatic rings. The van der Waals surface area contributed by atoms with Crippen LogP contribution in [0.4, 0.5) is 22.4 Å². The summed E-state index contributed by atoms with van der Waals surface area (Å²) in [6, 6.07) is 6.58. The summed E-state index contributed by atoms with van der Waals surface area (Å²) in [6.45, 7) is 11.9. The number of amides is 1. The molecular weight excluding hydrogens is 510 g/mol. The average molecular weight is 548 g/mol. The molecule has 0 aromatic heterocycles. The first-order chi connectivity index (χ1) is 18.1. The second-order valence-electron chi connectivity index (χ2n) is 12.0. The number of methoxy groups -OCH3 is 1. The molecule has 1 heterocycles. The highest BCUT2D eigenvalue weighted by Crippen LogP contribution is 2.46. The topological polar surface area (TPSA) is 38.8 Å². The fraction of sp³-hybridized carbons (Fsp3) is 0.516. The molecule has 0 unspecified atom stereocenters. The van der Waals surface area contributed by atoms with Crippen LogP contribution in [0.3, 0.4) is 0 Å². The number of hydrogen-bond donors (Lipinski definition) is 0. The molecule has 1 amide bonds. The molecule has 2 aliphatic rings. The Hall–Kier alpha value is -3.03. The smallest absolute Gasteiger partial charge is 0.416 e. The molecular formula is C31H37F4NO3. The summed E-state index contributed by atoms with van der Waals surface area (Å²) in [5, 5.41) is 0. The van der Waals surface area contributed by atoms with Gasteiger partial charge in [-0.05, 0) is 84.9 Å². The van der Waals surface area contributed by atoms with Gasteiger partial charge in [0.15, 0.2) is 0 Å². The van der Waals surface area contributed by atoms with Crippen molar-refractivity contribution in [3.05, 3.63) is 69.5 Å². The van der Waals surface area contributed by atoms with Gasteiger partial charge in [0.2, 0.25) is 0 Å². The Morgan fingerprint density at radius 3 is 2.46 bits per heavy atom. The maximum atomic E-state index is 14.8. The predicted octanol–water partition coefficient (Wildman–Crippen LogP) is 8.83. The zero-order valence-electron chi connectivity index (χ0n) is 23.6. The third kappa shape index (κ3) is 5.94. The number of alkyl halides is 3. The van der Waals surface area contributed by atoms with Crippen LogP contribution >= 0.6 is 0 Å². The van der Waals surface area contributed by atoms with Gasteiger partial charge in [-0.1, -0.05) is 39.3 Å². The molecule has 0 spiro atoms. The molecule has 0 radical (unpaired) electrons. The minimum atomic E-state index is -4.50. The highest BCUT2D eigenvalue weighted by Gasteiger charge is 2.42. The van der Waals surface area contributed by atoms with Gasteiger partial charge in [0.05, 0.1) is 18.7 Å². The van der Waals surface area contributed by atoms with Gasteiger partial charge in [0.25, 0.3) is 0 Å². The Labute approximate surface area is 228 Å². The fourth-order valence-electron chi connectivity index (χ4n) is 5.81. The number of nitrogens with zero attached hydrogens (tertiary/aromatic N) is 1. The minimum absolute atomic E-state index is 0.0165. The van der Waals surface area contributed by atoms with Crippen LogP contribution in [0.5, 0.6) is 5.75 Å². The fourth-order valence-corrected chi connectivity index (χ4v) is 5.81. The highest BCUT2D eigenvalue weighted by molar-refractivity contribution is 5.77. The molecule has 8 heteroatoms. The molecule has 2 aromatic carbocycles. The standard InChI is InChI=1S/C31H37F4NO3/c1-17(2)24-13-25(27(38-7)14-26(24)32)23-8-9-30(5,6)15-21(23)16-36-19(4)28(39-29(36)37)20-10-18(3)11-22(12-20)31(33,34)35/h10-14,17,19,28H,8-9,15-16H2,1-7H3/t19-,28+/m1/s1. The number of carbonyl (C=O) groups excluding carboxylic acids is 1. The Bertz CT molecular complexity index is 1300. The van der Waals surface area contributed by atoms with Gasteiger partial charge in [-0.2, -0.15) is 13.2 Å². The number of hydrogen-bond acceptors (Lipinski definition) is 3. The zero-order valence-corrected chi connectivity index (χ0v) is 23.6. The van der Waals surface area contributed by atoms with E-state index in [1.54, 1.807) is 24.8 Å². The first kappa shape index (κ1) is 29.0. The summed E-state index contributed by atoms with van der Waals surface area (Å²) in [6.07, 6.45) is -3.53. The van der Waals surface area contributed by atoms with Crippen LogP contribution in [0.25, 0.3) is 5.57 Å².